The van der Waals surface area contributed by atoms with Crippen LogP contribution in [0.2, 0.25) is 0 Å². The molecule has 3 amide bonds. The van der Waals surface area contributed by atoms with Gasteiger partial charge in [-0.1, -0.05) is 96.6 Å². The highest BCUT2D eigenvalue weighted by Crippen LogP contribution is 2.29. The van der Waals surface area contributed by atoms with Crippen LogP contribution in [0.15, 0.2) is 103 Å². The van der Waals surface area contributed by atoms with Gasteiger partial charge < -0.3 is 25.8 Å². The number of aromatic hydroxyl groups is 1. The number of ether oxygens (including phenoxy) is 1. The van der Waals surface area contributed by atoms with Crippen molar-refractivity contribution >= 4 is 17.9 Å². The van der Waals surface area contributed by atoms with Gasteiger partial charge in [-0.15, -0.1) is 0 Å². The highest BCUT2D eigenvalue weighted by molar-refractivity contribution is 5.89. The normalized spacial score (nSPS) is 12.1. The maximum absolute atomic E-state index is 14.1. The third-order valence-electron chi connectivity index (χ3n) is 7.60. The molecule has 0 aliphatic heterocycles. The fraction of sp³-hybridized carbons (Fsp3) is 0.250. The summed E-state index contributed by atoms with van der Waals surface area (Å²) in [5.74, 6) is -0.797. The number of alkyl carbamates (subject to hydrolysis) is 1. The number of aryl methyl sites for hydroxylation is 1. The first kappa shape index (κ1) is 31.8. The Morgan fingerprint density at radius 1 is 0.886 bits per heavy atom. The molecule has 0 saturated heterocycles. The lowest BCUT2D eigenvalue weighted by atomic mass is 9.95. The van der Waals surface area contributed by atoms with E-state index >= 15 is 0 Å². The molecule has 8 nitrogen and oxygen atoms in total. The van der Waals surface area contributed by atoms with Gasteiger partial charge in [-0.3, -0.25) is 9.59 Å². The standard InChI is InChI=1S/C36H39N3O5/c1-25-14-16-29(17-15-25)32-12-7-6-11-30(32)23-34(41)39(26(2)28-18-20-31(40)21-19-28)33(35(37)42)13-8-22-38-36(43)44-24-27-9-4-3-5-10-27/h3-7,9-12,14-21,26,33,40H,8,13,22-24H2,1-2H3,(H2,37,42)(H,38,43)/t26-,33+/m0/s1. The topological polar surface area (TPSA) is 122 Å². The summed E-state index contributed by atoms with van der Waals surface area (Å²) in [5.41, 5.74) is 11.4. The lowest BCUT2D eigenvalue weighted by Crippen LogP contribution is -2.50. The molecule has 0 aliphatic rings. The number of carbonyl (C=O) groups is 3. The molecule has 0 unspecified atom stereocenters. The van der Waals surface area contributed by atoms with E-state index in [1.165, 1.54) is 4.90 Å². The summed E-state index contributed by atoms with van der Waals surface area (Å²) in [6.45, 7) is 4.25. The van der Waals surface area contributed by atoms with E-state index in [9.17, 15) is 19.5 Å². The van der Waals surface area contributed by atoms with E-state index in [4.69, 9.17) is 10.5 Å². The summed E-state index contributed by atoms with van der Waals surface area (Å²) < 4.78 is 5.27. The van der Waals surface area contributed by atoms with Crippen molar-refractivity contribution in [2.24, 2.45) is 5.73 Å². The maximum atomic E-state index is 14.1. The van der Waals surface area contributed by atoms with Crippen molar-refractivity contribution in [3.05, 3.63) is 125 Å². The van der Waals surface area contributed by atoms with Gasteiger partial charge in [0.1, 0.15) is 18.4 Å². The number of hydrogen-bond acceptors (Lipinski definition) is 5. The van der Waals surface area contributed by atoms with Gasteiger partial charge in [-0.2, -0.15) is 0 Å². The van der Waals surface area contributed by atoms with E-state index in [1.54, 1.807) is 24.3 Å². The van der Waals surface area contributed by atoms with Crippen molar-refractivity contribution in [2.75, 3.05) is 6.54 Å². The number of hydrogen-bond donors (Lipinski definition) is 3. The van der Waals surface area contributed by atoms with E-state index in [0.29, 0.717) is 6.42 Å². The second kappa shape index (κ2) is 15.4. The van der Waals surface area contributed by atoms with Crippen molar-refractivity contribution in [2.45, 2.75) is 51.8 Å². The minimum Gasteiger partial charge on any atom is -0.508 e. The molecule has 4 rings (SSSR count). The molecule has 0 spiro atoms. The van der Waals surface area contributed by atoms with Gasteiger partial charge in [-0.25, -0.2) is 4.79 Å². The fourth-order valence-corrected chi connectivity index (χ4v) is 5.20. The molecule has 8 heteroatoms. The number of phenolic OH excluding ortho intramolecular Hbond substituents is 1. The SMILES string of the molecule is Cc1ccc(-c2ccccc2CC(=O)N([C@H](CCCNC(=O)OCc2ccccc2)C(N)=O)[C@@H](C)c2ccc(O)cc2)cc1. The van der Waals surface area contributed by atoms with Gasteiger partial charge >= 0.3 is 6.09 Å². The zero-order valence-corrected chi connectivity index (χ0v) is 25.1. The highest BCUT2D eigenvalue weighted by atomic mass is 16.5. The number of carbonyl (C=O) groups excluding carboxylic acids is 3. The third-order valence-corrected chi connectivity index (χ3v) is 7.60. The molecule has 228 valence electrons. The Morgan fingerprint density at radius 3 is 2.23 bits per heavy atom. The predicted molar refractivity (Wildman–Crippen MR) is 171 cm³/mol. The first-order valence-corrected chi connectivity index (χ1v) is 14.7. The van der Waals surface area contributed by atoms with Crippen LogP contribution < -0.4 is 11.1 Å². The van der Waals surface area contributed by atoms with Crippen molar-refractivity contribution in [3.8, 4) is 16.9 Å². The van der Waals surface area contributed by atoms with Gasteiger partial charge in [-0.05, 0) is 66.6 Å². The van der Waals surface area contributed by atoms with Gasteiger partial charge in [0.15, 0.2) is 0 Å². The molecule has 0 aliphatic carbocycles. The number of amides is 3. The summed E-state index contributed by atoms with van der Waals surface area (Å²) in [6, 6.07) is 30.3. The smallest absolute Gasteiger partial charge is 0.407 e. The number of phenols is 1. The summed E-state index contributed by atoms with van der Waals surface area (Å²) in [5, 5.41) is 12.5. The molecule has 0 bridgehead atoms. The Bertz CT molecular complexity index is 1540. The van der Waals surface area contributed by atoms with Crippen LogP contribution in [0.4, 0.5) is 4.79 Å². The Balaban J connectivity index is 1.50. The van der Waals surface area contributed by atoms with Crippen LogP contribution in [-0.2, 0) is 27.4 Å². The number of primary amides is 1. The average molecular weight is 594 g/mol. The fourth-order valence-electron chi connectivity index (χ4n) is 5.20. The minimum absolute atomic E-state index is 0.0559. The van der Waals surface area contributed by atoms with Crippen molar-refractivity contribution in [3.63, 3.8) is 0 Å². The average Bonchev–Trinajstić information content (AvgIpc) is 3.02. The lowest BCUT2D eigenvalue weighted by molar-refractivity contribution is -0.141. The minimum atomic E-state index is -0.931. The Hall–Kier alpha value is -5.11. The van der Waals surface area contributed by atoms with E-state index in [1.807, 2.05) is 92.7 Å². The molecule has 4 N–H and O–H groups in total. The molecule has 4 aromatic carbocycles. The van der Waals surface area contributed by atoms with Crippen LogP contribution in [-0.4, -0.2) is 40.5 Å². The van der Waals surface area contributed by atoms with Crippen LogP contribution in [0, 0.1) is 6.92 Å². The first-order chi connectivity index (χ1) is 21.2. The molecule has 0 saturated carbocycles. The largest absolute Gasteiger partial charge is 0.508 e. The number of nitrogens with two attached hydrogens (primary N) is 1. The predicted octanol–water partition coefficient (Wildman–Crippen LogP) is 6.06. The Labute approximate surface area is 258 Å². The monoisotopic (exact) mass is 593 g/mol. The van der Waals surface area contributed by atoms with E-state index in [0.717, 1.165) is 33.4 Å². The van der Waals surface area contributed by atoms with Crippen molar-refractivity contribution in [1.82, 2.24) is 10.2 Å². The van der Waals surface area contributed by atoms with Crippen LogP contribution in [0.1, 0.15) is 48.1 Å². The number of nitrogens with one attached hydrogen (secondary N) is 1. The molecule has 4 aromatic rings. The Morgan fingerprint density at radius 2 is 1.55 bits per heavy atom. The zero-order chi connectivity index (χ0) is 31.5. The van der Waals surface area contributed by atoms with Gasteiger partial charge in [0, 0.05) is 6.54 Å². The van der Waals surface area contributed by atoms with Crippen LogP contribution in [0.25, 0.3) is 11.1 Å². The summed E-state index contributed by atoms with van der Waals surface area (Å²) >= 11 is 0. The van der Waals surface area contributed by atoms with E-state index in [2.05, 4.69) is 5.32 Å². The van der Waals surface area contributed by atoms with E-state index in [-0.39, 0.29) is 37.6 Å². The first-order valence-electron chi connectivity index (χ1n) is 14.7. The van der Waals surface area contributed by atoms with Gasteiger partial charge in [0.05, 0.1) is 12.5 Å². The van der Waals surface area contributed by atoms with Crippen LogP contribution in [0.5, 0.6) is 5.75 Å². The van der Waals surface area contributed by atoms with Crippen LogP contribution >= 0.6 is 0 Å². The summed E-state index contributed by atoms with van der Waals surface area (Å²) in [6.07, 6.45) is 0.116. The molecular weight excluding hydrogens is 554 g/mol. The van der Waals surface area contributed by atoms with E-state index < -0.39 is 24.1 Å². The zero-order valence-electron chi connectivity index (χ0n) is 25.1. The molecule has 0 aromatic heterocycles. The van der Waals surface area contributed by atoms with Crippen molar-refractivity contribution < 1.29 is 24.2 Å². The molecule has 0 heterocycles. The van der Waals surface area contributed by atoms with Gasteiger partial charge in [0.25, 0.3) is 0 Å². The number of rotatable bonds is 13. The molecule has 2 atom stereocenters. The highest BCUT2D eigenvalue weighted by Gasteiger charge is 2.33. The van der Waals surface area contributed by atoms with Gasteiger partial charge in [0.2, 0.25) is 11.8 Å². The molecule has 0 fully saturated rings. The number of benzene rings is 4. The number of nitrogens with zero attached hydrogens (tertiary/aromatic N) is 1. The lowest BCUT2D eigenvalue weighted by Gasteiger charge is -2.36. The van der Waals surface area contributed by atoms with Crippen LogP contribution in [0.3, 0.4) is 0 Å². The maximum Gasteiger partial charge on any atom is 0.407 e. The third kappa shape index (κ3) is 8.70. The Kier molecular flexibility index (Phi) is 11.1. The molecule has 0 radical (unpaired) electrons. The molecule has 44 heavy (non-hydrogen) atoms. The van der Waals surface area contributed by atoms with Crippen molar-refractivity contribution in [1.29, 1.82) is 0 Å². The second-order valence-corrected chi connectivity index (χ2v) is 10.8. The summed E-state index contributed by atoms with van der Waals surface area (Å²) in [4.78, 5) is 40.7. The quantitative estimate of drug-likeness (QED) is 0.163. The summed E-state index contributed by atoms with van der Waals surface area (Å²) in [7, 11) is 0. The second-order valence-electron chi connectivity index (χ2n) is 10.8. The molecular formula is C36H39N3O5.